The first kappa shape index (κ1) is 66.4. The molecule has 0 rings (SSSR count). The van der Waals surface area contributed by atoms with Crippen LogP contribution >= 0.6 is 0 Å². The summed E-state index contributed by atoms with van der Waals surface area (Å²) in [6.07, 6.45) is 71.0. The Kier molecular flexibility index (Phi) is 55.7. The second kappa shape index (κ2) is 57.9. The van der Waals surface area contributed by atoms with Gasteiger partial charge in [0.1, 0.15) is 13.2 Å². The summed E-state index contributed by atoms with van der Waals surface area (Å²) in [7, 11) is 0. The summed E-state index contributed by atoms with van der Waals surface area (Å²) in [6, 6.07) is 0. The fraction of sp³-hybridized carbons (Fsp3) is 0.825. The smallest absolute Gasteiger partial charge is 0.306 e. The highest BCUT2D eigenvalue weighted by atomic mass is 16.6. The molecule has 402 valence electrons. The SMILES string of the molecule is CCCCC/C=C\C/C=C\CCCCCCCCCCCC(=O)OC[C@@H](COC(=O)CCCCCCC/C=C\C/C=C\CCCCC)OC(=O)CCCCCCCCCCCCCCCCCCC. The molecule has 0 saturated heterocycles. The van der Waals surface area contributed by atoms with E-state index in [2.05, 4.69) is 69.4 Å². The molecular weight excluding hydrogens is 853 g/mol. The van der Waals surface area contributed by atoms with E-state index < -0.39 is 6.10 Å². The Morgan fingerprint density at radius 1 is 0.290 bits per heavy atom. The normalized spacial score (nSPS) is 12.3. The zero-order valence-corrected chi connectivity index (χ0v) is 46.1. The van der Waals surface area contributed by atoms with Crippen LogP contribution in [0.25, 0.3) is 0 Å². The van der Waals surface area contributed by atoms with E-state index in [0.29, 0.717) is 19.3 Å². The van der Waals surface area contributed by atoms with Crippen LogP contribution in [0.2, 0.25) is 0 Å². The van der Waals surface area contributed by atoms with Gasteiger partial charge in [-0.25, -0.2) is 0 Å². The van der Waals surface area contributed by atoms with Crippen molar-refractivity contribution in [2.45, 2.75) is 322 Å². The van der Waals surface area contributed by atoms with Gasteiger partial charge < -0.3 is 14.2 Å². The summed E-state index contributed by atoms with van der Waals surface area (Å²) in [6.45, 7) is 6.62. The molecule has 69 heavy (non-hydrogen) atoms. The van der Waals surface area contributed by atoms with Gasteiger partial charge in [0, 0.05) is 19.3 Å². The van der Waals surface area contributed by atoms with Crippen LogP contribution in [0.1, 0.15) is 316 Å². The predicted octanol–water partition coefficient (Wildman–Crippen LogP) is 20.2. The first-order valence-electron chi connectivity index (χ1n) is 30.1. The highest BCUT2D eigenvalue weighted by molar-refractivity contribution is 5.71. The van der Waals surface area contributed by atoms with Crippen molar-refractivity contribution < 1.29 is 28.6 Å². The van der Waals surface area contributed by atoms with Crippen LogP contribution in [0, 0.1) is 0 Å². The fourth-order valence-electron chi connectivity index (χ4n) is 8.74. The number of carbonyl (C=O) groups is 3. The highest BCUT2D eigenvalue weighted by Gasteiger charge is 2.19. The lowest BCUT2D eigenvalue weighted by Crippen LogP contribution is -2.30. The van der Waals surface area contributed by atoms with Crippen molar-refractivity contribution >= 4 is 17.9 Å². The van der Waals surface area contributed by atoms with Gasteiger partial charge in [0.2, 0.25) is 0 Å². The molecule has 0 saturated carbocycles. The van der Waals surface area contributed by atoms with Crippen molar-refractivity contribution in [1.29, 1.82) is 0 Å². The van der Waals surface area contributed by atoms with Crippen LogP contribution in [0.5, 0.6) is 0 Å². The molecule has 6 heteroatoms. The summed E-state index contributed by atoms with van der Waals surface area (Å²) >= 11 is 0. The molecule has 0 aliphatic heterocycles. The molecule has 0 fully saturated rings. The molecular formula is C63H114O6. The number of ether oxygens (including phenoxy) is 3. The van der Waals surface area contributed by atoms with E-state index in [1.165, 1.54) is 193 Å². The van der Waals surface area contributed by atoms with Gasteiger partial charge in [-0.15, -0.1) is 0 Å². The quantitative estimate of drug-likeness (QED) is 0.0262. The number of hydrogen-bond acceptors (Lipinski definition) is 6. The summed E-state index contributed by atoms with van der Waals surface area (Å²) in [4.78, 5) is 38.2. The average Bonchev–Trinajstić information content (AvgIpc) is 3.35. The van der Waals surface area contributed by atoms with E-state index in [1.54, 1.807) is 0 Å². The monoisotopic (exact) mass is 967 g/mol. The van der Waals surface area contributed by atoms with Gasteiger partial charge in [-0.05, 0) is 83.5 Å². The van der Waals surface area contributed by atoms with Crippen molar-refractivity contribution in [2.75, 3.05) is 13.2 Å². The number of esters is 3. The highest BCUT2D eigenvalue weighted by Crippen LogP contribution is 2.17. The number of hydrogen-bond donors (Lipinski definition) is 0. The molecule has 0 spiro atoms. The van der Waals surface area contributed by atoms with E-state index in [0.717, 1.165) is 83.5 Å². The second-order valence-electron chi connectivity index (χ2n) is 20.3. The van der Waals surface area contributed by atoms with Gasteiger partial charge in [-0.2, -0.15) is 0 Å². The molecule has 0 aliphatic carbocycles. The molecule has 1 atom stereocenters. The maximum Gasteiger partial charge on any atom is 0.306 e. The number of allylic oxidation sites excluding steroid dienone is 8. The summed E-state index contributed by atoms with van der Waals surface area (Å²) < 4.78 is 16.9. The van der Waals surface area contributed by atoms with Gasteiger partial charge in [-0.1, -0.05) is 262 Å². The maximum absolute atomic E-state index is 12.9. The standard InChI is InChI=1S/C63H114O6/c1-4-7-10-13-16-19-22-25-28-30-31-33-35-38-41-44-47-50-53-56-62(65)68-59-60(58-67-61(64)55-52-49-46-43-40-37-34-27-24-21-18-15-12-9-6-3)69-63(66)57-54-51-48-45-42-39-36-32-29-26-23-20-17-14-11-8-5-2/h16,18-19,21,25,27-28,34,60H,4-15,17,20,22-24,26,29-33,35-59H2,1-3H3/b19-16-,21-18-,28-25-,34-27-/t60-/m1/s1. The minimum absolute atomic E-state index is 0.0768. The minimum atomic E-state index is -0.779. The van der Waals surface area contributed by atoms with Gasteiger partial charge in [0.15, 0.2) is 6.10 Å². The Balaban J connectivity index is 4.36. The maximum atomic E-state index is 12.9. The lowest BCUT2D eigenvalue weighted by Gasteiger charge is -2.18. The third-order valence-electron chi connectivity index (χ3n) is 13.3. The number of unbranched alkanes of at least 4 members (excludes halogenated alkanes) is 36. The first-order valence-corrected chi connectivity index (χ1v) is 30.1. The predicted molar refractivity (Wildman–Crippen MR) is 298 cm³/mol. The lowest BCUT2D eigenvalue weighted by atomic mass is 10.0. The van der Waals surface area contributed by atoms with Crippen LogP contribution in [-0.4, -0.2) is 37.2 Å². The van der Waals surface area contributed by atoms with Crippen molar-refractivity contribution in [3.05, 3.63) is 48.6 Å². The lowest BCUT2D eigenvalue weighted by molar-refractivity contribution is -0.167. The van der Waals surface area contributed by atoms with E-state index in [-0.39, 0.29) is 31.1 Å². The number of rotatable bonds is 55. The number of carbonyl (C=O) groups excluding carboxylic acids is 3. The molecule has 0 aromatic heterocycles. The molecule has 0 amide bonds. The summed E-state index contributed by atoms with van der Waals surface area (Å²) in [5.74, 6) is -0.877. The molecule has 0 aliphatic rings. The summed E-state index contributed by atoms with van der Waals surface area (Å²) in [5.41, 5.74) is 0. The topological polar surface area (TPSA) is 78.9 Å². The molecule has 0 bridgehead atoms. The van der Waals surface area contributed by atoms with E-state index in [9.17, 15) is 14.4 Å². The van der Waals surface area contributed by atoms with Crippen LogP contribution in [0.15, 0.2) is 48.6 Å². The molecule has 0 N–H and O–H groups in total. The largest absolute Gasteiger partial charge is 0.462 e. The average molecular weight is 968 g/mol. The second-order valence-corrected chi connectivity index (χ2v) is 20.3. The summed E-state index contributed by atoms with van der Waals surface area (Å²) in [5, 5.41) is 0. The zero-order valence-electron chi connectivity index (χ0n) is 46.1. The molecule has 0 aromatic carbocycles. The Bertz CT molecular complexity index is 1200. The first-order chi connectivity index (χ1) is 34.0. The van der Waals surface area contributed by atoms with Crippen LogP contribution in [-0.2, 0) is 28.6 Å². The van der Waals surface area contributed by atoms with E-state index >= 15 is 0 Å². The minimum Gasteiger partial charge on any atom is -0.462 e. The Hall–Kier alpha value is -2.63. The molecule has 0 aromatic rings. The van der Waals surface area contributed by atoms with Crippen LogP contribution < -0.4 is 0 Å². The molecule has 0 heterocycles. The fourth-order valence-corrected chi connectivity index (χ4v) is 8.74. The van der Waals surface area contributed by atoms with Gasteiger partial charge in [-0.3, -0.25) is 14.4 Å². The Morgan fingerprint density at radius 3 is 0.826 bits per heavy atom. The van der Waals surface area contributed by atoms with Gasteiger partial charge >= 0.3 is 17.9 Å². The third kappa shape index (κ3) is 56.2. The van der Waals surface area contributed by atoms with Crippen molar-refractivity contribution in [1.82, 2.24) is 0 Å². The van der Waals surface area contributed by atoms with Crippen molar-refractivity contribution in [3.63, 3.8) is 0 Å². The van der Waals surface area contributed by atoms with Gasteiger partial charge in [0.25, 0.3) is 0 Å². The zero-order chi connectivity index (χ0) is 50.0. The Morgan fingerprint density at radius 2 is 0.522 bits per heavy atom. The van der Waals surface area contributed by atoms with Crippen LogP contribution in [0.4, 0.5) is 0 Å². The van der Waals surface area contributed by atoms with E-state index in [1.807, 2.05) is 0 Å². The molecule has 0 unspecified atom stereocenters. The third-order valence-corrected chi connectivity index (χ3v) is 13.3. The van der Waals surface area contributed by atoms with Crippen LogP contribution in [0.3, 0.4) is 0 Å². The van der Waals surface area contributed by atoms with Crippen molar-refractivity contribution in [3.8, 4) is 0 Å². The van der Waals surface area contributed by atoms with Crippen molar-refractivity contribution in [2.24, 2.45) is 0 Å². The molecule has 6 nitrogen and oxygen atoms in total. The molecule has 0 radical (unpaired) electrons. The van der Waals surface area contributed by atoms with E-state index in [4.69, 9.17) is 14.2 Å². The van der Waals surface area contributed by atoms with Gasteiger partial charge in [0.05, 0.1) is 0 Å². The Labute approximate surface area is 428 Å².